The molecular weight excluding hydrogens is 516 g/mol. The van der Waals surface area contributed by atoms with Gasteiger partial charge in [-0.1, -0.05) is 23.7 Å². The van der Waals surface area contributed by atoms with E-state index in [-0.39, 0.29) is 36.9 Å². The van der Waals surface area contributed by atoms with Crippen molar-refractivity contribution in [3.05, 3.63) is 77.2 Å². The molecular formula is C26H25ClN4O5S. The molecule has 5 rings (SSSR count). The van der Waals surface area contributed by atoms with Crippen LogP contribution in [0.4, 0.5) is 0 Å². The predicted octanol–water partition coefficient (Wildman–Crippen LogP) is 3.76. The number of halogens is 1. The van der Waals surface area contributed by atoms with Crippen molar-refractivity contribution in [1.82, 2.24) is 14.3 Å². The smallest absolute Gasteiger partial charge is 0.266 e. The Morgan fingerprint density at radius 3 is 2.84 bits per heavy atom. The molecule has 4 aromatic rings. The quantitative estimate of drug-likeness (QED) is 0.367. The zero-order valence-corrected chi connectivity index (χ0v) is 21.6. The number of nitrogens with zero attached hydrogens (tertiary/aromatic N) is 2. The molecule has 1 aliphatic rings. The van der Waals surface area contributed by atoms with Crippen LogP contribution in [-0.2, 0) is 14.8 Å². The van der Waals surface area contributed by atoms with E-state index in [9.17, 15) is 13.2 Å². The Hall–Kier alpha value is -3.44. The van der Waals surface area contributed by atoms with Gasteiger partial charge in [-0.05, 0) is 54.4 Å². The third kappa shape index (κ3) is 5.05. The molecule has 1 atom stereocenters. The lowest BCUT2D eigenvalue weighted by Crippen LogP contribution is -2.47. The lowest BCUT2D eigenvalue weighted by Gasteiger charge is -2.32. The van der Waals surface area contributed by atoms with Gasteiger partial charge in [-0.25, -0.2) is 8.42 Å². The first-order valence-corrected chi connectivity index (χ1v) is 13.4. The predicted molar refractivity (Wildman–Crippen MR) is 140 cm³/mol. The van der Waals surface area contributed by atoms with Crippen LogP contribution < -0.4 is 10.5 Å². The van der Waals surface area contributed by atoms with E-state index in [1.165, 1.54) is 10.4 Å². The number of aryl methyl sites for hydroxylation is 1. The fraction of sp³-hybridized carbons (Fsp3) is 0.231. The molecule has 0 aliphatic carbocycles. The summed E-state index contributed by atoms with van der Waals surface area (Å²) in [4.78, 5) is 18.9. The number of nitrogens with two attached hydrogens (primary N) is 1. The first-order valence-electron chi connectivity index (χ1n) is 11.6. The van der Waals surface area contributed by atoms with Crippen LogP contribution in [0.5, 0.6) is 5.75 Å². The summed E-state index contributed by atoms with van der Waals surface area (Å²) in [5, 5.41) is 0.654. The summed E-state index contributed by atoms with van der Waals surface area (Å²) in [6, 6.07) is 14.4. The highest BCUT2D eigenvalue weighted by molar-refractivity contribution is 7.89. The number of amides is 1. The van der Waals surface area contributed by atoms with Gasteiger partial charge in [0.1, 0.15) is 29.0 Å². The summed E-state index contributed by atoms with van der Waals surface area (Å²) in [6.07, 6.45) is 3.03. The molecule has 3 heterocycles. The largest absolute Gasteiger partial charge is 0.491 e. The van der Waals surface area contributed by atoms with Crippen molar-refractivity contribution in [2.45, 2.75) is 17.9 Å². The van der Waals surface area contributed by atoms with E-state index < -0.39 is 22.0 Å². The van der Waals surface area contributed by atoms with Gasteiger partial charge in [0, 0.05) is 47.0 Å². The topological polar surface area (TPSA) is 128 Å². The Morgan fingerprint density at radius 2 is 2.11 bits per heavy atom. The van der Waals surface area contributed by atoms with E-state index in [4.69, 9.17) is 26.8 Å². The molecule has 1 aliphatic heterocycles. The number of primary amides is 1. The highest BCUT2D eigenvalue weighted by Crippen LogP contribution is 2.32. The average molecular weight is 541 g/mol. The molecule has 0 spiro atoms. The third-order valence-electron chi connectivity index (χ3n) is 6.27. The van der Waals surface area contributed by atoms with Crippen LogP contribution in [0.3, 0.4) is 0 Å². The number of rotatable bonds is 7. The van der Waals surface area contributed by atoms with Gasteiger partial charge in [-0.3, -0.25) is 9.78 Å². The monoisotopic (exact) mass is 540 g/mol. The lowest BCUT2D eigenvalue weighted by molar-refractivity contribution is -0.0249. The summed E-state index contributed by atoms with van der Waals surface area (Å²) in [5.74, 6) is -0.222. The van der Waals surface area contributed by atoms with E-state index in [0.717, 1.165) is 16.7 Å². The molecule has 11 heteroatoms. The number of fused-ring (bicyclic) bond motifs is 1. The van der Waals surface area contributed by atoms with Gasteiger partial charge >= 0.3 is 0 Å². The molecule has 9 nitrogen and oxygen atoms in total. The van der Waals surface area contributed by atoms with E-state index in [0.29, 0.717) is 21.7 Å². The van der Waals surface area contributed by atoms with Gasteiger partial charge in [-0.2, -0.15) is 4.31 Å². The molecule has 0 saturated carbocycles. The van der Waals surface area contributed by atoms with Gasteiger partial charge < -0.3 is 20.2 Å². The van der Waals surface area contributed by atoms with Crippen molar-refractivity contribution in [3.63, 3.8) is 0 Å². The molecule has 37 heavy (non-hydrogen) atoms. The number of nitrogens with one attached hydrogen (secondary N) is 1. The normalized spacial score (nSPS) is 16.6. The van der Waals surface area contributed by atoms with E-state index in [1.807, 2.05) is 37.3 Å². The van der Waals surface area contributed by atoms with Crippen molar-refractivity contribution in [2.75, 3.05) is 26.3 Å². The average Bonchev–Trinajstić information content (AvgIpc) is 3.28. The van der Waals surface area contributed by atoms with Crippen molar-refractivity contribution in [2.24, 2.45) is 5.73 Å². The molecule has 2 aromatic carbocycles. The molecule has 1 unspecified atom stereocenters. The second kappa shape index (κ2) is 10.1. The number of morpholine rings is 1. The molecule has 192 valence electrons. The summed E-state index contributed by atoms with van der Waals surface area (Å²) in [6.45, 7) is 2.51. The van der Waals surface area contributed by atoms with Gasteiger partial charge in [0.25, 0.3) is 5.91 Å². The van der Waals surface area contributed by atoms with Crippen LogP contribution in [0.25, 0.3) is 22.0 Å². The van der Waals surface area contributed by atoms with Gasteiger partial charge in [0.05, 0.1) is 6.61 Å². The van der Waals surface area contributed by atoms with Crippen LogP contribution >= 0.6 is 11.6 Å². The fourth-order valence-electron chi connectivity index (χ4n) is 4.48. The fourth-order valence-corrected chi connectivity index (χ4v) is 6.45. The SMILES string of the molecule is Cc1cc(OCC2CN(S(=O)(=O)c3c(C(N)=O)[nH]c4ccc(Cl)cc34)CCO2)ccc1-c1cccnc1. The minimum absolute atomic E-state index is 0.0561. The number of sulfonamides is 1. The number of hydrogen-bond acceptors (Lipinski definition) is 6. The van der Waals surface area contributed by atoms with Crippen molar-refractivity contribution >= 4 is 38.4 Å². The number of carbonyl (C=O) groups is 1. The zero-order chi connectivity index (χ0) is 26.2. The first kappa shape index (κ1) is 25.2. The zero-order valence-electron chi connectivity index (χ0n) is 20.0. The van der Waals surface area contributed by atoms with Crippen LogP contribution in [0.1, 0.15) is 16.1 Å². The van der Waals surface area contributed by atoms with E-state index in [1.54, 1.807) is 24.5 Å². The molecule has 3 N–H and O–H groups in total. The molecule has 1 saturated heterocycles. The minimum atomic E-state index is -4.10. The highest BCUT2D eigenvalue weighted by Gasteiger charge is 2.36. The number of H-pyrrole nitrogens is 1. The summed E-state index contributed by atoms with van der Waals surface area (Å²) in [5.41, 5.74) is 8.87. The Kier molecular flexibility index (Phi) is 6.91. The van der Waals surface area contributed by atoms with Crippen molar-refractivity contribution in [3.8, 4) is 16.9 Å². The standard InChI is InChI=1S/C26H25ClN4O5S/c1-16-11-19(5-6-21(16)17-3-2-8-29-13-17)36-15-20-14-31(9-10-35-20)37(33,34)25-22-12-18(27)4-7-23(22)30-24(25)26(28)32/h2-8,11-13,20,30H,9-10,14-15H2,1H3,(H2,28,32). The van der Waals surface area contributed by atoms with Crippen LogP contribution in [0.2, 0.25) is 5.02 Å². The van der Waals surface area contributed by atoms with Gasteiger partial charge in [-0.15, -0.1) is 0 Å². The third-order valence-corrected chi connectivity index (χ3v) is 8.45. The van der Waals surface area contributed by atoms with Gasteiger partial charge in [0.2, 0.25) is 10.0 Å². The minimum Gasteiger partial charge on any atom is -0.491 e. The number of benzene rings is 2. The molecule has 0 radical (unpaired) electrons. The van der Waals surface area contributed by atoms with Crippen molar-refractivity contribution < 1.29 is 22.7 Å². The molecule has 1 fully saturated rings. The Bertz CT molecular complexity index is 1570. The van der Waals surface area contributed by atoms with E-state index in [2.05, 4.69) is 9.97 Å². The lowest BCUT2D eigenvalue weighted by atomic mass is 10.0. The summed E-state index contributed by atoms with van der Waals surface area (Å²) < 4.78 is 40.4. The highest BCUT2D eigenvalue weighted by atomic mass is 35.5. The maximum Gasteiger partial charge on any atom is 0.266 e. The number of carbonyl (C=O) groups excluding carboxylic acids is 1. The second-order valence-electron chi connectivity index (χ2n) is 8.77. The maximum absolute atomic E-state index is 13.7. The maximum atomic E-state index is 13.7. The van der Waals surface area contributed by atoms with Gasteiger partial charge in [0.15, 0.2) is 0 Å². The first-order chi connectivity index (χ1) is 17.7. The van der Waals surface area contributed by atoms with Crippen LogP contribution in [0.15, 0.2) is 65.8 Å². The Balaban J connectivity index is 1.33. The number of pyridine rings is 1. The molecule has 2 aromatic heterocycles. The van der Waals surface area contributed by atoms with E-state index >= 15 is 0 Å². The Morgan fingerprint density at radius 1 is 1.27 bits per heavy atom. The second-order valence-corrected chi connectivity index (χ2v) is 11.1. The number of aromatic nitrogens is 2. The number of aromatic amines is 1. The molecule has 0 bridgehead atoms. The molecule has 1 amide bonds. The van der Waals surface area contributed by atoms with Crippen LogP contribution in [-0.4, -0.2) is 61.0 Å². The van der Waals surface area contributed by atoms with Crippen molar-refractivity contribution in [1.29, 1.82) is 0 Å². The summed E-state index contributed by atoms with van der Waals surface area (Å²) in [7, 11) is -4.10. The van der Waals surface area contributed by atoms with Crippen LogP contribution in [0, 0.1) is 6.92 Å². The summed E-state index contributed by atoms with van der Waals surface area (Å²) >= 11 is 6.12. The Labute approximate surface area is 219 Å². The number of hydrogen-bond donors (Lipinski definition) is 2. The number of ether oxygens (including phenoxy) is 2.